The number of nitrogens with one attached hydrogen (secondary N) is 1. The summed E-state index contributed by atoms with van der Waals surface area (Å²) < 4.78 is 0. The Balaban J connectivity index is 2.71. The van der Waals surface area contributed by atoms with Gasteiger partial charge in [-0.1, -0.05) is 37.3 Å². The van der Waals surface area contributed by atoms with Crippen LogP contribution in [0.25, 0.3) is 0 Å². The van der Waals surface area contributed by atoms with E-state index >= 15 is 0 Å². The minimum Gasteiger partial charge on any atom is -0.317 e. The highest BCUT2D eigenvalue weighted by Gasteiger charge is 2.10. The second-order valence-electron chi connectivity index (χ2n) is 3.28. The number of hydrogen-bond acceptors (Lipinski definition) is 1. The first-order valence-electron chi connectivity index (χ1n) is 4.48. The molecule has 1 heteroatoms. The Kier molecular flexibility index (Phi) is 3.30. The van der Waals surface area contributed by atoms with Crippen molar-refractivity contribution < 1.29 is 0 Å². The zero-order valence-electron chi connectivity index (χ0n) is 8.04. The molecule has 2 atom stereocenters. The van der Waals surface area contributed by atoms with Crippen LogP contribution in [0.15, 0.2) is 30.3 Å². The van der Waals surface area contributed by atoms with Crippen LogP contribution in [0.4, 0.5) is 0 Å². The minimum absolute atomic E-state index is 0.535. The number of rotatable bonds is 3. The van der Waals surface area contributed by atoms with Gasteiger partial charge in [0.2, 0.25) is 0 Å². The van der Waals surface area contributed by atoms with Crippen LogP contribution in [-0.2, 0) is 0 Å². The first kappa shape index (κ1) is 9.27. The Bertz CT molecular complexity index is 218. The summed E-state index contributed by atoms with van der Waals surface area (Å²) in [6, 6.07) is 11.1. The molecule has 0 aliphatic rings. The average Bonchev–Trinajstić information content (AvgIpc) is 2.17. The maximum absolute atomic E-state index is 3.26. The molecule has 0 aliphatic heterocycles. The molecule has 1 aromatic carbocycles. The molecular weight excluding hydrogens is 146 g/mol. The van der Waals surface area contributed by atoms with Crippen molar-refractivity contribution in [2.24, 2.45) is 0 Å². The monoisotopic (exact) mass is 163 g/mol. The normalized spacial score (nSPS) is 15.6. The molecule has 1 nitrogen and oxygen atoms in total. The Morgan fingerprint density at radius 2 is 1.67 bits per heavy atom. The van der Waals surface area contributed by atoms with Crippen molar-refractivity contribution in [3.05, 3.63) is 35.9 Å². The molecule has 0 bridgehead atoms. The molecule has 0 unspecified atom stereocenters. The van der Waals surface area contributed by atoms with Gasteiger partial charge in [0.15, 0.2) is 0 Å². The van der Waals surface area contributed by atoms with Crippen molar-refractivity contribution >= 4 is 0 Å². The zero-order chi connectivity index (χ0) is 8.97. The Labute approximate surface area is 74.8 Å². The molecule has 0 heterocycles. The SMILES string of the molecule is CN[C@@H](C)[C@@H](C)c1ccccc1. The van der Waals surface area contributed by atoms with Crippen LogP contribution in [0.2, 0.25) is 0 Å². The molecule has 0 spiro atoms. The van der Waals surface area contributed by atoms with Crippen LogP contribution < -0.4 is 5.32 Å². The van der Waals surface area contributed by atoms with Crippen LogP contribution in [-0.4, -0.2) is 13.1 Å². The number of hydrogen-bond donors (Lipinski definition) is 1. The Hall–Kier alpha value is -0.820. The van der Waals surface area contributed by atoms with E-state index in [9.17, 15) is 0 Å². The van der Waals surface area contributed by atoms with Crippen LogP contribution in [0.5, 0.6) is 0 Å². The summed E-state index contributed by atoms with van der Waals surface area (Å²) in [6.45, 7) is 4.45. The van der Waals surface area contributed by atoms with Gasteiger partial charge in [-0.05, 0) is 25.5 Å². The van der Waals surface area contributed by atoms with Crippen LogP contribution in [0, 0.1) is 0 Å². The average molecular weight is 163 g/mol. The van der Waals surface area contributed by atoms with Crippen LogP contribution in [0.3, 0.4) is 0 Å². The Morgan fingerprint density at radius 1 is 1.08 bits per heavy atom. The maximum atomic E-state index is 3.26. The van der Waals surface area contributed by atoms with Crippen molar-refractivity contribution in [3.8, 4) is 0 Å². The lowest BCUT2D eigenvalue weighted by Crippen LogP contribution is -2.27. The standard InChI is InChI=1S/C11H17N/c1-9(10(2)12-3)11-7-5-4-6-8-11/h4-10,12H,1-3H3/t9-,10+/m1/s1. The molecule has 1 rings (SSSR count). The fraction of sp³-hybridized carbons (Fsp3) is 0.455. The van der Waals surface area contributed by atoms with E-state index in [0.29, 0.717) is 12.0 Å². The lowest BCUT2D eigenvalue weighted by molar-refractivity contribution is 0.524. The number of likely N-dealkylation sites (N-methyl/N-ethyl adjacent to an activating group) is 1. The summed E-state index contributed by atoms with van der Waals surface area (Å²) in [4.78, 5) is 0. The van der Waals surface area contributed by atoms with E-state index in [0.717, 1.165) is 0 Å². The van der Waals surface area contributed by atoms with Crippen molar-refractivity contribution in [2.45, 2.75) is 25.8 Å². The molecule has 0 aromatic heterocycles. The molecular formula is C11H17N. The fourth-order valence-corrected chi connectivity index (χ4v) is 1.30. The van der Waals surface area contributed by atoms with Crippen molar-refractivity contribution in [2.75, 3.05) is 7.05 Å². The van der Waals surface area contributed by atoms with E-state index in [1.807, 2.05) is 7.05 Å². The molecule has 0 fully saturated rings. The van der Waals surface area contributed by atoms with E-state index in [2.05, 4.69) is 49.5 Å². The van der Waals surface area contributed by atoms with Crippen LogP contribution >= 0.6 is 0 Å². The van der Waals surface area contributed by atoms with Crippen molar-refractivity contribution in [3.63, 3.8) is 0 Å². The largest absolute Gasteiger partial charge is 0.317 e. The quantitative estimate of drug-likeness (QED) is 0.721. The molecule has 0 radical (unpaired) electrons. The van der Waals surface area contributed by atoms with Crippen molar-refractivity contribution in [1.82, 2.24) is 5.32 Å². The van der Waals surface area contributed by atoms with Gasteiger partial charge in [-0.2, -0.15) is 0 Å². The third kappa shape index (κ3) is 2.08. The van der Waals surface area contributed by atoms with Gasteiger partial charge in [-0.25, -0.2) is 0 Å². The predicted octanol–water partition coefficient (Wildman–Crippen LogP) is 2.40. The minimum atomic E-state index is 0.535. The van der Waals surface area contributed by atoms with Gasteiger partial charge in [0.1, 0.15) is 0 Å². The van der Waals surface area contributed by atoms with Crippen molar-refractivity contribution in [1.29, 1.82) is 0 Å². The highest BCUT2D eigenvalue weighted by atomic mass is 14.9. The molecule has 12 heavy (non-hydrogen) atoms. The highest BCUT2D eigenvalue weighted by Crippen LogP contribution is 2.17. The smallest absolute Gasteiger partial charge is 0.0102 e. The maximum Gasteiger partial charge on any atom is 0.0102 e. The predicted molar refractivity (Wildman–Crippen MR) is 53.4 cm³/mol. The summed E-state index contributed by atoms with van der Waals surface area (Å²) in [6.07, 6.45) is 0. The second kappa shape index (κ2) is 4.27. The molecule has 1 N–H and O–H groups in total. The fourth-order valence-electron chi connectivity index (χ4n) is 1.30. The van der Waals surface area contributed by atoms with Gasteiger partial charge in [0.05, 0.1) is 0 Å². The summed E-state index contributed by atoms with van der Waals surface area (Å²) in [7, 11) is 2.00. The molecule has 0 saturated carbocycles. The Morgan fingerprint density at radius 3 is 2.17 bits per heavy atom. The van der Waals surface area contributed by atoms with E-state index in [-0.39, 0.29) is 0 Å². The zero-order valence-corrected chi connectivity index (χ0v) is 8.04. The van der Waals surface area contributed by atoms with E-state index in [1.165, 1.54) is 5.56 Å². The lowest BCUT2D eigenvalue weighted by Gasteiger charge is -2.19. The van der Waals surface area contributed by atoms with Gasteiger partial charge >= 0.3 is 0 Å². The third-order valence-electron chi connectivity index (χ3n) is 2.53. The first-order chi connectivity index (χ1) is 5.75. The van der Waals surface area contributed by atoms with Gasteiger partial charge in [-0.15, -0.1) is 0 Å². The molecule has 1 aromatic rings. The summed E-state index contributed by atoms with van der Waals surface area (Å²) in [5, 5.41) is 3.26. The third-order valence-corrected chi connectivity index (χ3v) is 2.53. The summed E-state index contributed by atoms with van der Waals surface area (Å²) in [5.41, 5.74) is 1.40. The molecule has 0 saturated heterocycles. The van der Waals surface area contributed by atoms with Gasteiger partial charge in [0.25, 0.3) is 0 Å². The van der Waals surface area contributed by atoms with E-state index in [4.69, 9.17) is 0 Å². The molecule has 0 amide bonds. The highest BCUT2D eigenvalue weighted by molar-refractivity contribution is 5.20. The van der Waals surface area contributed by atoms with Gasteiger partial charge in [0, 0.05) is 6.04 Å². The molecule has 66 valence electrons. The summed E-state index contributed by atoms with van der Waals surface area (Å²) >= 11 is 0. The van der Waals surface area contributed by atoms with Gasteiger partial charge < -0.3 is 5.32 Å². The summed E-state index contributed by atoms with van der Waals surface area (Å²) in [5.74, 6) is 0.580. The van der Waals surface area contributed by atoms with Gasteiger partial charge in [-0.3, -0.25) is 0 Å². The molecule has 0 aliphatic carbocycles. The topological polar surface area (TPSA) is 12.0 Å². The van der Waals surface area contributed by atoms with E-state index < -0.39 is 0 Å². The lowest BCUT2D eigenvalue weighted by atomic mass is 9.95. The van der Waals surface area contributed by atoms with Crippen LogP contribution in [0.1, 0.15) is 25.3 Å². The number of benzene rings is 1. The van der Waals surface area contributed by atoms with E-state index in [1.54, 1.807) is 0 Å². The first-order valence-corrected chi connectivity index (χ1v) is 4.48. The second-order valence-corrected chi connectivity index (χ2v) is 3.28.